The zero-order valence-corrected chi connectivity index (χ0v) is 21.8. The molecular formula is C21H36IN3O4S. The van der Waals surface area contributed by atoms with Crippen molar-refractivity contribution in [2.24, 2.45) is 0 Å². The summed E-state index contributed by atoms with van der Waals surface area (Å²) in [5.74, 6) is 0.624. The second-order valence-electron chi connectivity index (χ2n) is 8.10. The number of hydrogen-bond donors (Lipinski definition) is 0. The number of carbonyl (C=O) groups excluding carboxylic acids is 1. The van der Waals surface area contributed by atoms with Gasteiger partial charge in [0.15, 0.2) is 0 Å². The number of hydrogen-bond acceptors (Lipinski definition) is 7. The summed E-state index contributed by atoms with van der Waals surface area (Å²) in [5.41, 5.74) is 1.93. The van der Waals surface area contributed by atoms with E-state index in [4.69, 9.17) is 14.2 Å². The molecule has 1 aromatic heterocycles. The van der Waals surface area contributed by atoms with Crippen LogP contribution in [0.1, 0.15) is 71.9 Å². The molecule has 2 heterocycles. The summed E-state index contributed by atoms with van der Waals surface area (Å²) < 4.78 is 26.2. The van der Waals surface area contributed by atoms with Crippen LogP contribution in [0.25, 0.3) is 5.57 Å². The molecule has 1 aliphatic heterocycles. The van der Waals surface area contributed by atoms with Crippen molar-refractivity contribution in [2.75, 3.05) is 26.7 Å². The number of aromatic nitrogens is 2. The van der Waals surface area contributed by atoms with E-state index in [2.05, 4.69) is 28.8 Å². The summed E-state index contributed by atoms with van der Waals surface area (Å²) in [7, 11) is 2.12. The van der Waals surface area contributed by atoms with E-state index >= 15 is 0 Å². The Balaban J connectivity index is 0.00000450. The minimum Gasteiger partial charge on any atom is -1.00 e. The maximum Gasteiger partial charge on any atom is 0.513 e. The predicted molar refractivity (Wildman–Crippen MR) is 115 cm³/mol. The molecule has 0 spiro atoms. The SMILES string of the molecule is CCCCCCOc1nsnc1C1=CCC[N+](C)(C(CC)OC(=O)OC(C)C)C1.[I-]. The minimum absolute atomic E-state index is 0. The summed E-state index contributed by atoms with van der Waals surface area (Å²) >= 11 is 1.18. The van der Waals surface area contributed by atoms with Gasteiger partial charge in [-0.25, -0.2) is 4.79 Å². The lowest BCUT2D eigenvalue weighted by Gasteiger charge is -2.42. The van der Waals surface area contributed by atoms with E-state index in [9.17, 15) is 4.79 Å². The molecule has 0 fully saturated rings. The lowest BCUT2D eigenvalue weighted by atomic mass is 10.0. The Morgan fingerprint density at radius 2 is 1.97 bits per heavy atom. The van der Waals surface area contributed by atoms with Crippen LogP contribution < -0.4 is 28.7 Å². The van der Waals surface area contributed by atoms with Crippen LogP contribution in [-0.4, -0.2) is 58.5 Å². The molecule has 0 radical (unpaired) electrons. The lowest BCUT2D eigenvalue weighted by Crippen LogP contribution is -3.00. The van der Waals surface area contributed by atoms with Crippen LogP contribution in [0.15, 0.2) is 6.08 Å². The van der Waals surface area contributed by atoms with Gasteiger partial charge < -0.3 is 38.2 Å². The summed E-state index contributed by atoms with van der Waals surface area (Å²) in [6, 6.07) is 0. The molecule has 2 atom stereocenters. The third-order valence-corrected chi connectivity index (χ3v) is 5.68. The van der Waals surface area contributed by atoms with Gasteiger partial charge in [0, 0.05) is 18.4 Å². The molecule has 0 bridgehead atoms. The highest BCUT2D eigenvalue weighted by Gasteiger charge is 2.38. The van der Waals surface area contributed by atoms with Crippen molar-refractivity contribution in [1.82, 2.24) is 8.75 Å². The first-order valence-corrected chi connectivity index (χ1v) is 11.5. The predicted octanol–water partition coefficient (Wildman–Crippen LogP) is 2.03. The number of halogens is 1. The first-order valence-electron chi connectivity index (χ1n) is 10.8. The number of ether oxygens (including phenoxy) is 3. The Morgan fingerprint density at radius 3 is 2.63 bits per heavy atom. The van der Waals surface area contributed by atoms with Gasteiger partial charge in [-0.15, -0.1) is 4.37 Å². The Bertz CT molecular complexity index is 683. The van der Waals surface area contributed by atoms with Crippen LogP contribution in [0.2, 0.25) is 0 Å². The molecule has 0 aliphatic carbocycles. The maximum absolute atomic E-state index is 12.1. The smallest absolute Gasteiger partial charge is 0.513 e. The minimum atomic E-state index is -0.603. The van der Waals surface area contributed by atoms with Crippen molar-refractivity contribution >= 4 is 23.5 Å². The molecule has 0 N–H and O–H groups in total. The number of quaternary nitrogens is 1. The average Bonchev–Trinajstić information content (AvgIpc) is 3.14. The number of likely N-dealkylation sites (N-methyl/N-ethyl adjacent to an activating group) is 1. The van der Waals surface area contributed by atoms with Crippen molar-refractivity contribution in [3.05, 3.63) is 11.8 Å². The molecule has 0 aromatic carbocycles. The second kappa shape index (κ2) is 13.5. The van der Waals surface area contributed by atoms with Crippen molar-refractivity contribution in [1.29, 1.82) is 0 Å². The highest BCUT2D eigenvalue weighted by molar-refractivity contribution is 6.99. The van der Waals surface area contributed by atoms with E-state index in [1.165, 1.54) is 31.0 Å². The van der Waals surface area contributed by atoms with E-state index in [0.29, 0.717) is 29.9 Å². The van der Waals surface area contributed by atoms with Crippen molar-refractivity contribution in [3.8, 4) is 5.88 Å². The molecule has 0 amide bonds. The molecular weight excluding hydrogens is 517 g/mol. The second-order valence-corrected chi connectivity index (χ2v) is 8.63. The quantitative estimate of drug-likeness (QED) is 0.181. The van der Waals surface area contributed by atoms with Gasteiger partial charge in [0.05, 0.1) is 38.0 Å². The monoisotopic (exact) mass is 553 g/mol. The first kappa shape index (κ1) is 27.1. The number of carbonyl (C=O) groups is 1. The summed E-state index contributed by atoms with van der Waals surface area (Å²) in [5, 5.41) is 0. The Hall–Kier alpha value is -0.940. The normalized spacial score (nSPS) is 19.6. The first-order chi connectivity index (χ1) is 13.9. The molecule has 30 heavy (non-hydrogen) atoms. The summed E-state index contributed by atoms with van der Waals surface area (Å²) in [6.07, 6.45) is 7.38. The van der Waals surface area contributed by atoms with Gasteiger partial charge >= 0.3 is 6.16 Å². The topological polar surface area (TPSA) is 70.5 Å². The fraction of sp³-hybridized carbons (Fsp3) is 0.762. The average molecular weight is 554 g/mol. The summed E-state index contributed by atoms with van der Waals surface area (Å²) in [4.78, 5) is 12.1. The van der Waals surface area contributed by atoms with E-state index < -0.39 is 6.16 Å². The molecule has 2 unspecified atom stereocenters. The fourth-order valence-corrected chi connectivity index (χ4v) is 4.17. The van der Waals surface area contributed by atoms with E-state index in [1.54, 1.807) is 0 Å². The molecule has 1 aromatic rings. The van der Waals surface area contributed by atoms with Gasteiger partial charge in [-0.2, -0.15) is 4.37 Å². The molecule has 2 rings (SSSR count). The maximum atomic E-state index is 12.1. The lowest BCUT2D eigenvalue weighted by molar-refractivity contribution is -0.947. The molecule has 1 aliphatic rings. The zero-order valence-electron chi connectivity index (χ0n) is 18.9. The Morgan fingerprint density at radius 1 is 1.20 bits per heavy atom. The number of unbranched alkanes of at least 4 members (excludes halogenated alkanes) is 3. The third kappa shape index (κ3) is 7.96. The standard InChI is InChI=1S/C21H36N3O4S.HI/c1-6-8-9-10-14-26-20-19(22-29-23-20)17-12-11-13-24(5,15-17)18(7-2)28-21(25)27-16(3)4;/h12,16,18H,6-11,13-15H2,1-5H3;1H/q+1;/p-1. The third-order valence-electron chi connectivity index (χ3n) is 5.17. The van der Waals surface area contributed by atoms with Gasteiger partial charge in [0.2, 0.25) is 6.23 Å². The van der Waals surface area contributed by atoms with Gasteiger partial charge in [0.25, 0.3) is 5.88 Å². The van der Waals surface area contributed by atoms with Crippen LogP contribution in [0.5, 0.6) is 5.88 Å². The van der Waals surface area contributed by atoms with Crippen LogP contribution in [0, 0.1) is 0 Å². The molecule has 9 heteroatoms. The van der Waals surface area contributed by atoms with Gasteiger partial charge in [-0.05, 0) is 20.3 Å². The fourth-order valence-electron chi connectivity index (χ4n) is 3.64. The van der Waals surface area contributed by atoms with E-state index in [-0.39, 0.29) is 36.3 Å². The highest BCUT2D eigenvalue weighted by atomic mass is 127. The van der Waals surface area contributed by atoms with E-state index in [0.717, 1.165) is 30.7 Å². The van der Waals surface area contributed by atoms with Crippen molar-refractivity contribution in [2.45, 2.75) is 78.6 Å². The molecule has 0 saturated carbocycles. The van der Waals surface area contributed by atoms with Crippen LogP contribution in [0.3, 0.4) is 0 Å². The van der Waals surface area contributed by atoms with Crippen molar-refractivity contribution in [3.63, 3.8) is 0 Å². The number of nitrogens with zero attached hydrogens (tertiary/aromatic N) is 3. The van der Waals surface area contributed by atoms with Gasteiger partial charge in [0.1, 0.15) is 12.2 Å². The van der Waals surface area contributed by atoms with Crippen LogP contribution >= 0.6 is 11.7 Å². The van der Waals surface area contributed by atoms with Crippen LogP contribution in [-0.2, 0) is 9.47 Å². The molecule has 7 nitrogen and oxygen atoms in total. The largest absolute Gasteiger partial charge is 1.00 e. The van der Waals surface area contributed by atoms with Crippen molar-refractivity contribution < 1.29 is 47.5 Å². The van der Waals surface area contributed by atoms with Crippen LogP contribution in [0.4, 0.5) is 4.79 Å². The van der Waals surface area contributed by atoms with Gasteiger partial charge in [-0.1, -0.05) is 39.2 Å². The van der Waals surface area contributed by atoms with Gasteiger partial charge in [-0.3, -0.25) is 4.48 Å². The Labute approximate surface area is 202 Å². The highest BCUT2D eigenvalue weighted by Crippen LogP contribution is 2.32. The Kier molecular flexibility index (Phi) is 12.2. The zero-order chi connectivity index (χ0) is 21.3. The molecule has 0 saturated heterocycles. The summed E-state index contributed by atoms with van der Waals surface area (Å²) in [6.45, 7) is 10.1. The number of rotatable bonds is 11. The van der Waals surface area contributed by atoms with E-state index in [1.807, 2.05) is 20.8 Å². The molecule has 172 valence electrons.